The quantitative estimate of drug-likeness (QED) is 0.276. The topological polar surface area (TPSA) is 145 Å². The molecule has 2 aliphatic rings. The van der Waals surface area contributed by atoms with Gasteiger partial charge in [-0.25, -0.2) is 0 Å². The average Bonchev–Trinajstić information content (AvgIpc) is 2.84. The number of carbonyl (C=O) groups excluding carboxylic acids is 3. The van der Waals surface area contributed by atoms with Crippen LogP contribution in [0.5, 0.6) is 0 Å². The van der Waals surface area contributed by atoms with Crippen molar-refractivity contribution >= 4 is 17.9 Å². The number of ether oxygens (including phenoxy) is 5. The van der Waals surface area contributed by atoms with E-state index in [-0.39, 0.29) is 24.3 Å². The van der Waals surface area contributed by atoms with Crippen LogP contribution in [0.25, 0.3) is 0 Å². The summed E-state index contributed by atoms with van der Waals surface area (Å²) in [5, 5.41) is 14.6. The first kappa shape index (κ1) is 27.8. The average molecular weight is 458 g/mol. The normalized spacial score (nSPS) is 18.8. The van der Waals surface area contributed by atoms with E-state index in [1.807, 2.05) is 6.07 Å². The van der Waals surface area contributed by atoms with E-state index in [0.717, 1.165) is 0 Å². The second-order valence-corrected chi connectivity index (χ2v) is 7.46. The lowest BCUT2D eigenvalue weighted by Crippen LogP contribution is -2.56. The van der Waals surface area contributed by atoms with E-state index in [1.165, 1.54) is 21.3 Å². The van der Waals surface area contributed by atoms with Gasteiger partial charge in [0, 0.05) is 45.9 Å². The van der Waals surface area contributed by atoms with Gasteiger partial charge in [0.05, 0.1) is 33.8 Å². The predicted octanol–water partition coefficient (Wildman–Crippen LogP) is 0.0732. The van der Waals surface area contributed by atoms with Crippen LogP contribution in [-0.4, -0.2) is 89.8 Å². The maximum Gasteiger partial charge on any atom is 0.326 e. The van der Waals surface area contributed by atoms with E-state index in [4.69, 9.17) is 24.2 Å². The van der Waals surface area contributed by atoms with Crippen molar-refractivity contribution < 1.29 is 38.1 Å². The minimum atomic E-state index is -0.721. The molecule has 0 amide bonds. The molecule has 2 N–H and O–H groups in total. The molecule has 32 heavy (non-hydrogen) atoms. The van der Waals surface area contributed by atoms with Crippen molar-refractivity contribution in [1.29, 1.82) is 5.26 Å². The molecule has 0 aliphatic carbocycles. The molecule has 2 aliphatic heterocycles. The maximum absolute atomic E-state index is 11.8. The first-order chi connectivity index (χ1) is 15.4. The van der Waals surface area contributed by atoms with Gasteiger partial charge >= 0.3 is 17.9 Å². The van der Waals surface area contributed by atoms with E-state index >= 15 is 0 Å². The van der Waals surface area contributed by atoms with E-state index < -0.39 is 11.1 Å². The summed E-state index contributed by atoms with van der Waals surface area (Å²) < 4.78 is 24.6. The van der Waals surface area contributed by atoms with E-state index in [0.29, 0.717) is 71.6 Å². The molecule has 0 spiro atoms. The molecule has 0 aromatic rings. The molecule has 0 bridgehead atoms. The molecule has 0 unspecified atom stereocenters. The van der Waals surface area contributed by atoms with Gasteiger partial charge in [-0.2, -0.15) is 5.26 Å². The SMILES string of the molecule is COC(=O)C1(NCCC#N)CCOCC1.COC(=O)CCNC1(C(=O)OC)CCOCC1. The molecule has 0 atom stereocenters. The smallest absolute Gasteiger partial charge is 0.326 e. The van der Waals surface area contributed by atoms with Crippen molar-refractivity contribution in [2.24, 2.45) is 0 Å². The van der Waals surface area contributed by atoms with Gasteiger partial charge in [0.1, 0.15) is 11.1 Å². The third-order valence-electron chi connectivity index (χ3n) is 5.57. The number of hydrogen-bond acceptors (Lipinski definition) is 11. The summed E-state index contributed by atoms with van der Waals surface area (Å²) in [6.07, 6.45) is 2.94. The van der Waals surface area contributed by atoms with Crippen molar-refractivity contribution in [3.05, 3.63) is 0 Å². The molecule has 11 heteroatoms. The third kappa shape index (κ3) is 8.35. The molecular weight excluding hydrogens is 422 g/mol. The second-order valence-electron chi connectivity index (χ2n) is 7.46. The van der Waals surface area contributed by atoms with Gasteiger partial charge in [0.15, 0.2) is 0 Å². The highest BCUT2D eigenvalue weighted by Gasteiger charge is 2.41. The summed E-state index contributed by atoms with van der Waals surface area (Å²) >= 11 is 0. The number of methoxy groups -OCH3 is 3. The maximum atomic E-state index is 11.8. The zero-order valence-electron chi connectivity index (χ0n) is 19.2. The summed E-state index contributed by atoms with van der Waals surface area (Å²) in [5.74, 6) is -0.862. The number of nitrogens with one attached hydrogen (secondary N) is 2. The molecule has 0 aromatic carbocycles. The molecule has 0 aromatic heterocycles. The molecule has 2 saturated heterocycles. The summed E-state index contributed by atoms with van der Waals surface area (Å²) in [6.45, 7) is 3.03. The van der Waals surface area contributed by atoms with Crippen LogP contribution >= 0.6 is 0 Å². The van der Waals surface area contributed by atoms with Crippen LogP contribution < -0.4 is 10.6 Å². The van der Waals surface area contributed by atoms with Gasteiger partial charge in [-0.3, -0.25) is 14.4 Å². The standard InChI is InChI=1S/C11H19NO5.C10H16N2O3/c1-15-9(13)3-6-12-11(10(14)16-2)4-7-17-8-5-11;1-14-9(13)10(12-6-2-5-11)3-7-15-8-4-10/h12H,3-8H2,1-2H3;12H,2-4,6-8H2,1H3. The first-order valence-electron chi connectivity index (χ1n) is 10.7. The Labute approximate surface area is 189 Å². The van der Waals surface area contributed by atoms with Crippen molar-refractivity contribution in [1.82, 2.24) is 10.6 Å². The van der Waals surface area contributed by atoms with Crippen LogP contribution in [0, 0.1) is 11.3 Å². The van der Waals surface area contributed by atoms with Crippen LogP contribution in [0.4, 0.5) is 0 Å². The molecule has 11 nitrogen and oxygen atoms in total. The molecule has 0 saturated carbocycles. The number of nitrogens with zero attached hydrogens (tertiary/aromatic N) is 1. The van der Waals surface area contributed by atoms with Crippen LogP contribution in [0.1, 0.15) is 38.5 Å². The fraction of sp³-hybridized carbons (Fsp3) is 0.810. The summed E-state index contributed by atoms with van der Waals surface area (Å²) in [4.78, 5) is 34.4. The molecule has 2 heterocycles. The number of nitriles is 1. The minimum Gasteiger partial charge on any atom is -0.469 e. The Hall–Kier alpha value is -2.26. The van der Waals surface area contributed by atoms with Crippen molar-refractivity contribution in [3.8, 4) is 6.07 Å². The van der Waals surface area contributed by atoms with Gasteiger partial charge in [-0.15, -0.1) is 0 Å². The predicted molar refractivity (Wildman–Crippen MR) is 112 cm³/mol. The van der Waals surface area contributed by atoms with Crippen LogP contribution in [0.15, 0.2) is 0 Å². The largest absolute Gasteiger partial charge is 0.469 e. The van der Waals surface area contributed by atoms with Crippen molar-refractivity contribution in [3.63, 3.8) is 0 Å². The Kier molecular flexibility index (Phi) is 12.8. The summed E-state index contributed by atoms with van der Waals surface area (Å²) in [6, 6.07) is 2.04. The number of esters is 3. The molecular formula is C21H35N3O8. The Bertz CT molecular complexity index is 637. The second kappa shape index (κ2) is 14.7. The van der Waals surface area contributed by atoms with Crippen molar-refractivity contribution in [2.75, 3.05) is 60.8 Å². The fourth-order valence-electron chi connectivity index (χ4n) is 3.60. The first-order valence-corrected chi connectivity index (χ1v) is 10.7. The van der Waals surface area contributed by atoms with Crippen LogP contribution in [-0.2, 0) is 38.1 Å². The van der Waals surface area contributed by atoms with Gasteiger partial charge in [-0.1, -0.05) is 0 Å². The summed E-state index contributed by atoms with van der Waals surface area (Å²) in [7, 11) is 4.08. The van der Waals surface area contributed by atoms with E-state index in [2.05, 4.69) is 15.4 Å². The molecule has 0 radical (unpaired) electrons. The Morgan fingerprint density at radius 3 is 1.62 bits per heavy atom. The minimum absolute atomic E-state index is 0.232. The fourth-order valence-corrected chi connectivity index (χ4v) is 3.60. The molecule has 182 valence electrons. The zero-order valence-corrected chi connectivity index (χ0v) is 19.2. The van der Waals surface area contributed by atoms with Gasteiger partial charge in [0.25, 0.3) is 0 Å². The highest BCUT2D eigenvalue weighted by atomic mass is 16.5. The Morgan fingerprint density at radius 1 is 0.812 bits per heavy atom. The van der Waals surface area contributed by atoms with Gasteiger partial charge in [-0.05, 0) is 25.7 Å². The van der Waals surface area contributed by atoms with Gasteiger partial charge < -0.3 is 34.3 Å². The Balaban J connectivity index is 0.000000323. The summed E-state index contributed by atoms with van der Waals surface area (Å²) in [5.41, 5.74) is -1.37. The lowest BCUT2D eigenvalue weighted by molar-refractivity contribution is -0.153. The van der Waals surface area contributed by atoms with Crippen LogP contribution in [0.2, 0.25) is 0 Å². The van der Waals surface area contributed by atoms with Gasteiger partial charge in [0.2, 0.25) is 0 Å². The zero-order chi connectivity index (χ0) is 23.9. The van der Waals surface area contributed by atoms with Crippen molar-refractivity contribution in [2.45, 2.75) is 49.6 Å². The highest BCUT2D eigenvalue weighted by molar-refractivity contribution is 5.81. The van der Waals surface area contributed by atoms with Crippen LogP contribution in [0.3, 0.4) is 0 Å². The number of rotatable bonds is 9. The molecule has 2 fully saturated rings. The lowest BCUT2D eigenvalue weighted by Gasteiger charge is -2.35. The van der Waals surface area contributed by atoms with E-state index in [1.54, 1.807) is 0 Å². The highest BCUT2D eigenvalue weighted by Crippen LogP contribution is 2.23. The number of carbonyl (C=O) groups is 3. The van der Waals surface area contributed by atoms with E-state index in [9.17, 15) is 14.4 Å². The number of hydrogen-bond donors (Lipinski definition) is 2. The Morgan fingerprint density at radius 2 is 1.25 bits per heavy atom. The lowest BCUT2D eigenvalue weighted by atomic mass is 9.90. The third-order valence-corrected chi connectivity index (χ3v) is 5.57. The monoisotopic (exact) mass is 457 g/mol. The molecule has 2 rings (SSSR count).